The van der Waals surface area contributed by atoms with E-state index in [2.05, 4.69) is 43.4 Å². The Morgan fingerprint density at radius 3 is 2.64 bits per heavy atom. The quantitative estimate of drug-likeness (QED) is 0.492. The number of carbonyl (C=O) groups is 1. The van der Waals surface area contributed by atoms with Gasteiger partial charge >= 0.3 is 0 Å². The molecule has 4 aliphatic carbocycles. The number of hydrogen-bond donors (Lipinski definition) is 3. The summed E-state index contributed by atoms with van der Waals surface area (Å²) in [5, 5.41) is 27.5. The Morgan fingerprint density at radius 1 is 1.11 bits per heavy atom. The molecule has 0 aromatic heterocycles. The summed E-state index contributed by atoms with van der Waals surface area (Å²) in [7, 11) is 0. The maximum absolute atomic E-state index is 12.1. The Balaban J connectivity index is 1.15. The number of rotatable bonds is 6. The third-order valence-electron chi connectivity index (χ3n) is 10.2. The topological polar surface area (TPSA) is 91.2 Å². The molecule has 3 fully saturated rings. The van der Waals surface area contributed by atoms with Gasteiger partial charge in [-0.25, -0.2) is 0 Å². The molecule has 4 aliphatic rings. The molecule has 0 spiro atoms. The molecule has 36 heavy (non-hydrogen) atoms. The van der Waals surface area contributed by atoms with Gasteiger partial charge in [-0.3, -0.25) is 4.79 Å². The van der Waals surface area contributed by atoms with Crippen molar-refractivity contribution in [2.45, 2.75) is 71.3 Å². The highest BCUT2D eigenvalue weighted by molar-refractivity contribution is 6.05. The van der Waals surface area contributed by atoms with Gasteiger partial charge in [0.1, 0.15) is 11.5 Å². The predicted molar refractivity (Wildman–Crippen MR) is 140 cm³/mol. The molecule has 1 aromatic rings. The first kappa shape index (κ1) is 25.1. The molecule has 0 saturated heterocycles. The van der Waals surface area contributed by atoms with Crippen molar-refractivity contribution in [3.63, 3.8) is 0 Å². The summed E-state index contributed by atoms with van der Waals surface area (Å²) in [6.45, 7) is 7.16. The van der Waals surface area contributed by atoms with E-state index in [1.807, 2.05) is 18.2 Å². The van der Waals surface area contributed by atoms with Crippen molar-refractivity contribution in [2.75, 3.05) is 13.2 Å². The molecule has 0 radical (unpaired) electrons. The zero-order chi connectivity index (χ0) is 25.6. The lowest BCUT2D eigenvalue weighted by molar-refractivity contribution is -0.125. The Morgan fingerprint density at radius 2 is 1.86 bits per heavy atom. The number of phenols is 1. The molecular weight excluding hydrogens is 452 g/mol. The Hall–Kier alpha value is -2.60. The predicted octanol–water partition coefficient (Wildman–Crippen LogP) is 4.91. The van der Waals surface area contributed by atoms with Gasteiger partial charge in [-0.2, -0.15) is 0 Å². The van der Waals surface area contributed by atoms with Crippen molar-refractivity contribution >= 4 is 11.6 Å². The second-order valence-corrected chi connectivity index (χ2v) is 12.0. The summed E-state index contributed by atoms with van der Waals surface area (Å²) >= 11 is 0. The molecule has 194 valence electrons. The number of aromatic hydroxyl groups is 1. The number of oxime groups is 1. The maximum Gasteiger partial charge on any atom is 0.260 e. The molecule has 5 rings (SSSR count). The number of allylic oxidation sites excluding steroid dienone is 4. The highest BCUT2D eigenvalue weighted by atomic mass is 16.6. The van der Waals surface area contributed by atoms with Crippen LogP contribution >= 0.6 is 0 Å². The van der Waals surface area contributed by atoms with Crippen LogP contribution in [0.5, 0.6) is 5.75 Å². The normalized spacial score (nSPS) is 38.1. The van der Waals surface area contributed by atoms with Crippen molar-refractivity contribution in [3.8, 4) is 5.75 Å². The van der Waals surface area contributed by atoms with Gasteiger partial charge in [0.2, 0.25) is 0 Å². The van der Waals surface area contributed by atoms with E-state index in [9.17, 15) is 15.0 Å². The number of aliphatic hydroxyl groups is 1. The fourth-order valence-electron chi connectivity index (χ4n) is 7.73. The number of nitrogens with zero attached hydrogens (tertiary/aromatic N) is 1. The number of hydrogen-bond acceptors (Lipinski definition) is 5. The minimum absolute atomic E-state index is 0.0311. The summed E-state index contributed by atoms with van der Waals surface area (Å²) in [6, 6.07) is 6.98. The van der Waals surface area contributed by atoms with E-state index in [1.165, 1.54) is 12.0 Å². The zero-order valence-corrected chi connectivity index (χ0v) is 21.8. The van der Waals surface area contributed by atoms with Crippen LogP contribution in [0.2, 0.25) is 0 Å². The molecule has 3 N–H and O–H groups in total. The summed E-state index contributed by atoms with van der Waals surface area (Å²) in [5.74, 6) is 1.89. The molecule has 0 bridgehead atoms. The first-order chi connectivity index (χ1) is 17.1. The van der Waals surface area contributed by atoms with Crippen LogP contribution in [0, 0.1) is 28.6 Å². The molecule has 3 saturated carbocycles. The minimum atomic E-state index is -0.545. The zero-order valence-electron chi connectivity index (χ0n) is 21.8. The van der Waals surface area contributed by atoms with Crippen LogP contribution in [0.3, 0.4) is 0 Å². The smallest absolute Gasteiger partial charge is 0.260 e. The fraction of sp³-hybridized carbons (Fsp3) is 0.600. The van der Waals surface area contributed by atoms with Gasteiger partial charge in [0.25, 0.3) is 5.91 Å². The molecule has 0 aliphatic heterocycles. The lowest BCUT2D eigenvalue weighted by Gasteiger charge is -2.58. The maximum atomic E-state index is 12.1. The summed E-state index contributed by atoms with van der Waals surface area (Å²) in [4.78, 5) is 17.5. The van der Waals surface area contributed by atoms with E-state index < -0.39 is 5.60 Å². The fourth-order valence-corrected chi connectivity index (χ4v) is 7.73. The third-order valence-corrected chi connectivity index (χ3v) is 10.2. The molecule has 0 heterocycles. The van der Waals surface area contributed by atoms with Crippen LogP contribution in [0.4, 0.5) is 0 Å². The first-order valence-electron chi connectivity index (χ1n) is 13.5. The highest BCUT2D eigenvalue weighted by Gasteiger charge is 2.61. The Bertz CT molecular complexity index is 1090. The number of benzene rings is 1. The summed E-state index contributed by atoms with van der Waals surface area (Å²) in [5.41, 5.74) is 2.75. The third kappa shape index (κ3) is 4.38. The van der Waals surface area contributed by atoms with Crippen LogP contribution in [0.25, 0.3) is 0 Å². The Labute approximate surface area is 214 Å². The average Bonchev–Trinajstić information content (AvgIpc) is 3.09. The molecule has 6 atom stereocenters. The average molecular weight is 493 g/mol. The van der Waals surface area contributed by atoms with E-state index in [0.29, 0.717) is 30.7 Å². The molecule has 0 unspecified atom stereocenters. The lowest BCUT2D eigenvalue weighted by atomic mass is 9.47. The van der Waals surface area contributed by atoms with Gasteiger partial charge in [0, 0.05) is 12.0 Å². The highest BCUT2D eigenvalue weighted by Crippen LogP contribution is 2.66. The minimum Gasteiger partial charge on any atom is -0.508 e. The molecule has 6 heteroatoms. The van der Waals surface area contributed by atoms with E-state index in [1.54, 1.807) is 12.1 Å². The second-order valence-electron chi connectivity index (χ2n) is 12.0. The monoisotopic (exact) mass is 492 g/mol. The standard InChI is InChI=1S/C30H40N2O4/c1-28-14-10-22(32-36-19-27(34)31-17-13-20-4-7-23(33)8-5-20)18-21(28)6-9-24-25(28)11-15-29(2)26(24)12-16-30(29,3)35/h4-5,7-8,10,14,18,24-26,33,35H,6,9,11-13,15-17,19H2,1-3H3,(H,31,34)/t24-,25+,26-,28-,29-,30-/m0/s1. The molecule has 1 amide bonds. The Kier molecular flexibility index (Phi) is 6.52. The van der Waals surface area contributed by atoms with Crippen LogP contribution in [-0.4, -0.2) is 40.6 Å². The number of nitrogens with one attached hydrogen (secondary N) is 1. The number of fused-ring (bicyclic) bond motifs is 5. The summed E-state index contributed by atoms with van der Waals surface area (Å²) < 4.78 is 0. The van der Waals surface area contributed by atoms with E-state index in [4.69, 9.17) is 4.84 Å². The number of phenolic OH excluding ortho intramolecular Hbond substituents is 1. The number of carbonyl (C=O) groups excluding carboxylic acids is 1. The molecule has 6 nitrogen and oxygen atoms in total. The van der Waals surface area contributed by atoms with Crippen molar-refractivity contribution in [1.29, 1.82) is 0 Å². The second kappa shape index (κ2) is 9.37. The SMILES string of the molecule is C[C@]12C=CC(=NOCC(=O)NCCc3ccc(O)cc3)C=C1CC[C@H]1[C@H]2CC[C@@]2(C)[C@H]1CC[C@]2(C)O. The number of amides is 1. The van der Waals surface area contributed by atoms with Crippen molar-refractivity contribution in [3.05, 3.63) is 53.6 Å². The van der Waals surface area contributed by atoms with Gasteiger partial charge in [-0.05, 0) is 105 Å². The largest absolute Gasteiger partial charge is 0.508 e. The van der Waals surface area contributed by atoms with Crippen molar-refractivity contribution in [1.82, 2.24) is 5.32 Å². The van der Waals surface area contributed by atoms with Gasteiger partial charge in [-0.15, -0.1) is 0 Å². The van der Waals surface area contributed by atoms with E-state index in [0.717, 1.165) is 43.4 Å². The van der Waals surface area contributed by atoms with Crippen LogP contribution in [0.15, 0.2) is 53.2 Å². The summed E-state index contributed by atoms with van der Waals surface area (Å²) in [6.07, 6.45) is 13.7. The molecular formula is C30H40N2O4. The van der Waals surface area contributed by atoms with Gasteiger partial charge in [-0.1, -0.05) is 42.8 Å². The van der Waals surface area contributed by atoms with Crippen LogP contribution < -0.4 is 5.32 Å². The lowest BCUT2D eigenvalue weighted by Crippen LogP contribution is -2.53. The van der Waals surface area contributed by atoms with E-state index >= 15 is 0 Å². The van der Waals surface area contributed by atoms with Gasteiger partial charge < -0.3 is 20.4 Å². The first-order valence-corrected chi connectivity index (χ1v) is 13.5. The van der Waals surface area contributed by atoms with Crippen LogP contribution in [0.1, 0.15) is 64.9 Å². The van der Waals surface area contributed by atoms with E-state index in [-0.39, 0.29) is 29.1 Å². The molecule has 1 aromatic carbocycles. The van der Waals surface area contributed by atoms with Gasteiger partial charge in [0.05, 0.1) is 5.60 Å². The van der Waals surface area contributed by atoms with Crippen molar-refractivity contribution in [2.24, 2.45) is 33.7 Å². The van der Waals surface area contributed by atoms with Crippen LogP contribution in [-0.2, 0) is 16.1 Å². The van der Waals surface area contributed by atoms with Crippen molar-refractivity contribution < 1.29 is 19.8 Å². The van der Waals surface area contributed by atoms with Gasteiger partial charge in [0.15, 0.2) is 6.61 Å².